The summed E-state index contributed by atoms with van der Waals surface area (Å²) in [5.74, 6) is 0. The lowest BCUT2D eigenvalue weighted by Gasteiger charge is -2.35. The van der Waals surface area contributed by atoms with Crippen molar-refractivity contribution in [2.45, 2.75) is 37.7 Å². The Balaban J connectivity index is 2.52. The summed E-state index contributed by atoms with van der Waals surface area (Å²) in [5, 5.41) is 0. The summed E-state index contributed by atoms with van der Waals surface area (Å²) in [6, 6.07) is 0. The Morgan fingerprint density at radius 1 is 1.21 bits per heavy atom. The summed E-state index contributed by atoms with van der Waals surface area (Å²) in [6.07, 6.45) is 6.21. The molecule has 1 rings (SSSR count). The smallest absolute Gasteiger partial charge is 0.264 e. The summed E-state index contributed by atoms with van der Waals surface area (Å²) in [6.45, 7) is 0.155. The Labute approximate surface area is 85.7 Å². The largest absolute Gasteiger partial charge is 0.376 e. The van der Waals surface area contributed by atoms with E-state index in [9.17, 15) is 8.42 Å². The zero-order valence-electron chi connectivity index (χ0n) is 8.78. The Morgan fingerprint density at radius 2 is 1.79 bits per heavy atom. The van der Waals surface area contributed by atoms with Gasteiger partial charge in [-0.25, -0.2) is 0 Å². The van der Waals surface area contributed by atoms with Crippen LogP contribution in [0.15, 0.2) is 0 Å². The molecule has 0 aromatic heterocycles. The van der Waals surface area contributed by atoms with Crippen LogP contribution in [-0.2, 0) is 19.0 Å². The summed E-state index contributed by atoms with van der Waals surface area (Å²) in [7, 11) is -1.73. The average Bonchev–Trinajstić information content (AvgIpc) is 2.15. The molecule has 0 N–H and O–H groups in total. The summed E-state index contributed by atoms with van der Waals surface area (Å²) in [4.78, 5) is 0. The molecule has 1 aliphatic rings. The first-order valence-corrected chi connectivity index (χ1v) is 6.69. The molecule has 1 aliphatic carbocycles. The fraction of sp³-hybridized carbons (Fsp3) is 1.00. The Bertz CT molecular complexity index is 265. The van der Waals surface area contributed by atoms with Crippen LogP contribution >= 0.6 is 0 Å². The molecule has 1 saturated carbocycles. The molecule has 1 fully saturated rings. The van der Waals surface area contributed by atoms with Crippen molar-refractivity contribution in [2.24, 2.45) is 0 Å². The van der Waals surface area contributed by atoms with Crippen LogP contribution in [0.1, 0.15) is 32.1 Å². The summed E-state index contributed by atoms with van der Waals surface area (Å²) >= 11 is 0. The van der Waals surface area contributed by atoms with Crippen LogP contribution < -0.4 is 0 Å². The van der Waals surface area contributed by atoms with Gasteiger partial charge in [0.2, 0.25) is 0 Å². The molecule has 0 amide bonds. The molecular weight excluding hydrogens is 204 g/mol. The SMILES string of the molecule is COC1(COS(C)(=O)=O)CCCCC1. The third-order valence-electron chi connectivity index (χ3n) is 2.73. The van der Waals surface area contributed by atoms with Crippen LogP contribution in [0.5, 0.6) is 0 Å². The van der Waals surface area contributed by atoms with E-state index in [1.165, 1.54) is 6.42 Å². The highest BCUT2D eigenvalue weighted by atomic mass is 32.2. The molecule has 0 aromatic carbocycles. The fourth-order valence-corrected chi connectivity index (χ4v) is 2.25. The van der Waals surface area contributed by atoms with E-state index < -0.39 is 10.1 Å². The topological polar surface area (TPSA) is 52.6 Å². The van der Waals surface area contributed by atoms with Crippen LogP contribution in [0.4, 0.5) is 0 Å². The van der Waals surface area contributed by atoms with Gasteiger partial charge in [-0.15, -0.1) is 0 Å². The summed E-state index contributed by atoms with van der Waals surface area (Å²) < 4.78 is 31.9. The normalized spacial score (nSPS) is 22.1. The van der Waals surface area contributed by atoms with Gasteiger partial charge in [-0.3, -0.25) is 4.18 Å². The second-order valence-electron chi connectivity index (χ2n) is 3.91. The van der Waals surface area contributed by atoms with Crippen molar-refractivity contribution in [3.05, 3.63) is 0 Å². The zero-order valence-corrected chi connectivity index (χ0v) is 9.60. The van der Waals surface area contributed by atoms with Gasteiger partial charge in [0.05, 0.1) is 18.5 Å². The van der Waals surface area contributed by atoms with E-state index in [2.05, 4.69) is 0 Å². The van der Waals surface area contributed by atoms with E-state index in [4.69, 9.17) is 8.92 Å². The summed E-state index contributed by atoms with van der Waals surface area (Å²) in [5.41, 5.74) is -0.374. The minimum absolute atomic E-state index is 0.155. The predicted molar refractivity (Wildman–Crippen MR) is 53.6 cm³/mol. The first-order chi connectivity index (χ1) is 6.47. The second-order valence-corrected chi connectivity index (χ2v) is 5.56. The number of hydrogen-bond acceptors (Lipinski definition) is 4. The van der Waals surface area contributed by atoms with Crippen LogP contribution in [0.25, 0.3) is 0 Å². The van der Waals surface area contributed by atoms with E-state index in [1.807, 2.05) is 0 Å². The maximum Gasteiger partial charge on any atom is 0.264 e. The number of methoxy groups -OCH3 is 1. The lowest BCUT2D eigenvalue weighted by Crippen LogP contribution is -2.39. The Hall–Kier alpha value is -0.130. The van der Waals surface area contributed by atoms with Gasteiger partial charge >= 0.3 is 0 Å². The molecule has 0 radical (unpaired) electrons. The maximum atomic E-state index is 10.9. The molecule has 0 saturated heterocycles. The monoisotopic (exact) mass is 222 g/mol. The standard InChI is InChI=1S/C9H18O4S/c1-12-9(6-4-3-5-7-9)8-13-14(2,10)11/h3-8H2,1-2H3. The highest BCUT2D eigenvalue weighted by molar-refractivity contribution is 7.85. The molecule has 0 aliphatic heterocycles. The van der Waals surface area contributed by atoms with Gasteiger partial charge in [-0.05, 0) is 12.8 Å². The highest BCUT2D eigenvalue weighted by Gasteiger charge is 2.33. The third kappa shape index (κ3) is 3.55. The van der Waals surface area contributed by atoms with Crippen molar-refractivity contribution in [2.75, 3.05) is 20.0 Å². The predicted octanol–water partition coefficient (Wildman–Crippen LogP) is 1.31. The molecule has 14 heavy (non-hydrogen) atoms. The first kappa shape index (κ1) is 11.9. The molecule has 0 heterocycles. The van der Waals surface area contributed by atoms with Crippen LogP contribution in [0.2, 0.25) is 0 Å². The Kier molecular flexibility index (Phi) is 3.92. The fourth-order valence-electron chi connectivity index (χ4n) is 1.82. The first-order valence-electron chi connectivity index (χ1n) is 4.87. The van der Waals surface area contributed by atoms with Gasteiger partial charge in [-0.2, -0.15) is 8.42 Å². The second kappa shape index (κ2) is 4.59. The highest BCUT2D eigenvalue weighted by Crippen LogP contribution is 2.31. The van der Waals surface area contributed by atoms with Crippen LogP contribution in [0.3, 0.4) is 0 Å². The van der Waals surface area contributed by atoms with Gasteiger partial charge in [0.25, 0.3) is 10.1 Å². The van der Waals surface area contributed by atoms with Gasteiger partial charge in [0, 0.05) is 7.11 Å². The minimum Gasteiger partial charge on any atom is -0.376 e. The van der Waals surface area contributed by atoms with E-state index >= 15 is 0 Å². The van der Waals surface area contributed by atoms with Gasteiger partial charge < -0.3 is 4.74 Å². The van der Waals surface area contributed by atoms with E-state index in [0.29, 0.717) is 0 Å². The molecular formula is C9H18O4S. The number of rotatable bonds is 4. The third-order valence-corrected chi connectivity index (χ3v) is 3.28. The average molecular weight is 222 g/mol. The molecule has 5 heteroatoms. The molecule has 0 spiro atoms. The quantitative estimate of drug-likeness (QED) is 0.673. The van der Waals surface area contributed by atoms with Crippen molar-refractivity contribution in [1.82, 2.24) is 0 Å². The molecule has 0 bridgehead atoms. The number of ether oxygens (including phenoxy) is 1. The van der Waals surface area contributed by atoms with E-state index in [-0.39, 0.29) is 12.2 Å². The maximum absolute atomic E-state index is 10.9. The van der Waals surface area contributed by atoms with Gasteiger partial charge in [-0.1, -0.05) is 19.3 Å². The lowest BCUT2D eigenvalue weighted by atomic mass is 9.85. The van der Waals surface area contributed by atoms with Crippen molar-refractivity contribution in [3.63, 3.8) is 0 Å². The molecule has 4 nitrogen and oxygen atoms in total. The van der Waals surface area contributed by atoms with Gasteiger partial charge in [0.1, 0.15) is 0 Å². The lowest BCUT2D eigenvalue weighted by molar-refractivity contribution is -0.0672. The van der Waals surface area contributed by atoms with E-state index in [0.717, 1.165) is 31.9 Å². The van der Waals surface area contributed by atoms with Crippen LogP contribution in [-0.4, -0.2) is 34.0 Å². The minimum atomic E-state index is -3.35. The molecule has 0 unspecified atom stereocenters. The van der Waals surface area contributed by atoms with Crippen molar-refractivity contribution in [1.29, 1.82) is 0 Å². The molecule has 84 valence electrons. The van der Waals surface area contributed by atoms with Crippen molar-refractivity contribution >= 4 is 10.1 Å². The Morgan fingerprint density at radius 3 is 2.21 bits per heavy atom. The molecule has 0 aromatic rings. The number of hydrogen-bond donors (Lipinski definition) is 0. The van der Waals surface area contributed by atoms with E-state index in [1.54, 1.807) is 7.11 Å². The van der Waals surface area contributed by atoms with Crippen molar-refractivity contribution in [3.8, 4) is 0 Å². The van der Waals surface area contributed by atoms with Gasteiger partial charge in [0.15, 0.2) is 0 Å². The van der Waals surface area contributed by atoms with Crippen LogP contribution in [0, 0.1) is 0 Å². The molecule has 0 atom stereocenters. The zero-order chi connectivity index (χ0) is 10.7. The van der Waals surface area contributed by atoms with Crippen molar-refractivity contribution < 1.29 is 17.3 Å².